The zero-order valence-corrected chi connectivity index (χ0v) is 18.7. The minimum atomic E-state index is -2.76. The van der Waals surface area contributed by atoms with Crippen LogP contribution in [0, 0.1) is 6.07 Å². The van der Waals surface area contributed by atoms with E-state index in [0.717, 1.165) is 33.9 Å². The molecule has 0 spiro atoms. The van der Waals surface area contributed by atoms with Gasteiger partial charge in [-0.2, -0.15) is 0 Å². The van der Waals surface area contributed by atoms with Gasteiger partial charge in [-0.05, 0) is 36.0 Å². The number of hydrogen-bond acceptors (Lipinski definition) is 4. The summed E-state index contributed by atoms with van der Waals surface area (Å²) in [6.45, 7) is 2.05. The predicted molar refractivity (Wildman–Crippen MR) is 121 cm³/mol. The fraction of sp³-hybridized carbons (Fsp3) is 0.120. The number of phenols is 1. The number of hydrogen-bond donors (Lipinski definition) is 1. The third-order valence-corrected chi connectivity index (χ3v) is 8.84. The molecule has 4 aromatic rings. The zero-order chi connectivity index (χ0) is 20.7. The number of aromatic hydroxyl groups is 1. The molecule has 2 aromatic heterocycles. The van der Waals surface area contributed by atoms with E-state index in [1.54, 1.807) is 18.3 Å². The van der Waals surface area contributed by atoms with Gasteiger partial charge in [-0.15, -0.1) is 18.2 Å². The van der Waals surface area contributed by atoms with Crippen molar-refractivity contribution in [3.8, 4) is 39.5 Å². The topological polar surface area (TPSA) is 63.1 Å². The minimum absolute atomic E-state index is 0. The Balaban J connectivity index is 0.00000231. The Morgan fingerprint density at radius 2 is 1.71 bits per heavy atom. The van der Waals surface area contributed by atoms with Crippen LogP contribution in [0.5, 0.6) is 5.75 Å². The first-order chi connectivity index (χ1) is 14.6. The fourth-order valence-corrected chi connectivity index (χ4v) is 7.12. The van der Waals surface area contributed by atoms with Gasteiger partial charge in [0.2, 0.25) is 0 Å². The number of nitrogens with zero attached hydrogens (tertiary/aromatic N) is 2. The summed E-state index contributed by atoms with van der Waals surface area (Å²) < 4.78 is 14.1. The van der Waals surface area contributed by atoms with Crippen molar-refractivity contribution in [2.75, 3.05) is 6.16 Å². The number of fused-ring (bicyclic) bond motifs is 3. The summed E-state index contributed by atoms with van der Waals surface area (Å²) in [6.07, 6.45) is 3.17. The smallest absolute Gasteiger partial charge is 0.124 e. The number of para-hydroxylation sites is 1. The predicted octanol–water partition coefficient (Wildman–Crippen LogP) is 5.02. The van der Waals surface area contributed by atoms with Crippen LogP contribution in [0.1, 0.15) is 13.3 Å². The normalized spacial score (nSPS) is 16.3. The number of phenolic OH excluding ortho intramolecular Hbond substituents is 1. The van der Waals surface area contributed by atoms with Crippen molar-refractivity contribution in [3.05, 3.63) is 79.0 Å². The van der Waals surface area contributed by atoms with Crippen LogP contribution in [0.25, 0.3) is 33.8 Å². The number of aromatic nitrogens is 2. The van der Waals surface area contributed by atoms with E-state index in [2.05, 4.69) is 11.1 Å². The standard InChI is InChI=1S/C25H20N2O2P.Ni/c1-2-15-30(29)23-12-10-17(20-8-5-6-14-26-20)16-19(23)25-24(30)13-11-21(27-25)18-7-3-4-9-22(18)28;/h3-14,28H,2,15H2,1H3;/q-1;. The summed E-state index contributed by atoms with van der Waals surface area (Å²) in [6, 6.07) is 24.0. The van der Waals surface area contributed by atoms with Crippen molar-refractivity contribution in [1.29, 1.82) is 0 Å². The van der Waals surface area contributed by atoms with Crippen LogP contribution >= 0.6 is 7.14 Å². The summed E-state index contributed by atoms with van der Waals surface area (Å²) in [4.78, 5) is 9.28. The third kappa shape index (κ3) is 3.52. The summed E-state index contributed by atoms with van der Waals surface area (Å²) in [5.41, 5.74) is 4.44. The molecule has 4 nitrogen and oxygen atoms in total. The Morgan fingerprint density at radius 1 is 0.935 bits per heavy atom. The van der Waals surface area contributed by atoms with Crippen molar-refractivity contribution in [1.82, 2.24) is 9.97 Å². The maximum atomic E-state index is 14.1. The van der Waals surface area contributed by atoms with Gasteiger partial charge in [-0.1, -0.05) is 48.4 Å². The molecule has 1 N–H and O–H groups in total. The second-order valence-corrected chi connectivity index (χ2v) is 10.3. The van der Waals surface area contributed by atoms with Crippen molar-refractivity contribution >= 4 is 17.8 Å². The van der Waals surface area contributed by atoms with Crippen LogP contribution in [-0.2, 0) is 21.1 Å². The Morgan fingerprint density at radius 3 is 2.45 bits per heavy atom. The van der Waals surface area contributed by atoms with Gasteiger partial charge < -0.3 is 9.67 Å². The van der Waals surface area contributed by atoms with E-state index in [9.17, 15) is 9.67 Å². The molecule has 1 aliphatic heterocycles. The average molecular weight is 470 g/mol. The van der Waals surface area contributed by atoms with Crippen LogP contribution in [0.3, 0.4) is 0 Å². The molecule has 31 heavy (non-hydrogen) atoms. The Hall–Kier alpha value is -2.74. The molecule has 0 saturated carbocycles. The van der Waals surface area contributed by atoms with Gasteiger partial charge in [-0.25, -0.2) is 0 Å². The van der Waals surface area contributed by atoms with Crippen LogP contribution in [0.15, 0.2) is 72.9 Å². The zero-order valence-electron chi connectivity index (χ0n) is 16.9. The second-order valence-electron chi connectivity index (χ2n) is 7.39. The van der Waals surface area contributed by atoms with Gasteiger partial charge in [0.15, 0.2) is 0 Å². The molecule has 5 rings (SSSR count). The van der Waals surface area contributed by atoms with Crippen LogP contribution in [0.2, 0.25) is 0 Å². The summed E-state index contributed by atoms with van der Waals surface area (Å²) in [5.74, 6) is 0.172. The second kappa shape index (κ2) is 8.42. The van der Waals surface area contributed by atoms with E-state index in [4.69, 9.17) is 4.98 Å². The Kier molecular flexibility index (Phi) is 5.84. The molecule has 0 amide bonds. The molecule has 158 valence electrons. The minimum Gasteiger partial charge on any atom is -0.507 e. The van der Waals surface area contributed by atoms with Crippen LogP contribution in [0.4, 0.5) is 0 Å². The molecule has 2 aromatic carbocycles. The maximum Gasteiger partial charge on any atom is 0.124 e. The summed E-state index contributed by atoms with van der Waals surface area (Å²) in [5, 5.41) is 11.9. The van der Waals surface area contributed by atoms with Gasteiger partial charge in [0, 0.05) is 51.1 Å². The van der Waals surface area contributed by atoms with Gasteiger partial charge >= 0.3 is 0 Å². The van der Waals surface area contributed by atoms with Gasteiger partial charge in [0.1, 0.15) is 12.9 Å². The van der Waals surface area contributed by atoms with Crippen molar-refractivity contribution < 1.29 is 26.2 Å². The van der Waals surface area contributed by atoms with Gasteiger partial charge in [0.05, 0.1) is 5.69 Å². The SMILES string of the molecule is CCCP1(=O)c2ccc(-c3ccccn3)[c-]c2-c2nc(-c3ccccc3O)ccc21.[Ni]. The molecule has 0 radical (unpaired) electrons. The van der Waals surface area contributed by atoms with Crippen molar-refractivity contribution in [2.24, 2.45) is 0 Å². The molecular weight excluding hydrogens is 450 g/mol. The first kappa shape index (κ1) is 21.5. The molecular formula is C25H20N2NiO2P-. The summed E-state index contributed by atoms with van der Waals surface area (Å²) >= 11 is 0. The molecule has 6 heteroatoms. The molecule has 0 bridgehead atoms. The van der Waals surface area contributed by atoms with Crippen LogP contribution in [-0.4, -0.2) is 21.2 Å². The first-order valence-electron chi connectivity index (χ1n) is 9.99. The Bertz CT molecular complexity index is 1310. The quantitative estimate of drug-likeness (QED) is 0.259. The largest absolute Gasteiger partial charge is 0.507 e. The molecule has 0 fully saturated rings. The molecule has 1 unspecified atom stereocenters. The fourth-order valence-electron chi connectivity index (χ4n) is 4.09. The Labute approximate surface area is 191 Å². The van der Waals surface area contributed by atoms with Crippen molar-refractivity contribution in [3.63, 3.8) is 0 Å². The molecule has 1 aliphatic rings. The molecule has 0 aliphatic carbocycles. The molecule has 3 heterocycles. The van der Waals surface area contributed by atoms with E-state index in [1.807, 2.05) is 61.5 Å². The number of rotatable bonds is 4. The number of pyridine rings is 2. The number of benzene rings is 2. The van der Waals surface area contributed by atoms with E-state index in [-0.39, 0.29) is 22.2 Å². The van der Waals surface area contributed by atoms with Crippen LogP contribution < -0.4 is 10.6 Å². The summed E-state index contributed by atoms with van der Waals surface area (Å²) in [7, 11) is -2.76. The van der Waals surface area contributed by atoms with Gasteiger partial charge in [0.25, 0.3) is 0 Å². The van der Waals surface area contributed by atoms with Gasteiger partial charge in [-0.3, -0.25) is 9.97 Å². The first-order valence-corrected chi connectivity index (χ1v) is 11.9. The van der Waals surface area contributed by atoms with E-state index in [1.165, 1.54) is 0 Å². The third-order valence-electron chi connectivity index (χ3n) is 5.47. The monoisotopic (exact) mass is 469 g/mol. The van der Waals surface area contributed by atoms with Crippen molar-refractivity contribution in [2.45, 2.75) is 13.3 Å². The van der Waals surface area contributed by atoms with E-state index >= 15 is 0 Å². The van der Waals surface area contributed by atoms with E-state index < -0.39 is 7.14 Å². The molecule has 0 saturated heterocycles. The van der Waals surface area contributed by atoms with E-state index in [0.29, 0.717) is 23.1 Å². The molecule has 1 atom stereocenters. The maximum absolute atomic E-state index is 14.1. The average Bonchev–Trinajstić information content (AvgIpc) is 3.02.